The molecule has 0 fully saturated rings. The van der Waals surface area contributed by atoms with Crippen molar-refractivity contribution in [2.24, 2.45) is 0 Å². The molecule has 7 heteroatoms. The number of nitriles is 1. The molecule has 0 bridgehead atoms. The number of carbonyl (C=O) groups is 2. The van der Waals surface area contributed by atoms with Crippen molar-refractivity contribution in [3.63, 3.8) is 0 Å². The molecular formula is C16H11BrN2O4. The highest BCUT2D eigenvalue weighted by Crippen LogP contribution is 2.15. The zero-order valence-corrected chi connectivity index (χ0v) is 13.4. The summed E-state index contributed by atoms with van der Waals surface area (Å²) in [6.07, 6.45) is 2.59. The van der Waals surface area contributed by atoms with Crippen LogP contribution < -0.4 is 5.32 Å². The standard InChI is InChI=1S/C16H11BrN2O4/c17-14-6-4-13(23-14)5-7-16(21)22-10-15(20)19-12-3-1-2-11(8-12)9-18/h1-8H,10H2,(H,19,20)/b7-5+. The Morgan fingerprint density at radius 1 is 1.35 bits per heavy atom. The van der Waals surface area contributed by atoms with Crippen LogP contribution in [-0.4, -0.2) is 18.5 Å². The van der Waals surface area contributed by atoms with E-state index < -0.39 is 18.5 Å². The Hall–Kier alpha value is -2.85. The topological polar surface area (TPSA) is 92.3 Å². The Morgan fingerprint density at radius 3 is 2.87 bits per heavy atom. The maximum absolute atomic E-state index is 11.7. The Morgan fingerprint density at radius 2 is 2.17 bits per heavy atom. The van der Waals surface area contributed by atoms with Gasteiger partial charge in [0, 0.05) is 11.8 Å². The average molecular weight is 375 g/mol. The number of furan rings is 1. The van der Waals surface area contributed by atoms with Gasteiger partial charge in [0.05, 0.1) is 11.6 Å². The molecule has 23 heavy (non-hydrogen) atoms. The van der Waals surface area contributed by atoms with Crippen molar-refractivity contribution in [2.45, 2.75) is 0 Å². The van der Waals surface area contributed by atoms with E-state index in [9.17, 15) is 9.59 Å². The van der Waals surface area contributed by atoms with E-state index in [0.717, 1.165) is 6.08 Å². The number of nitrogens with zero attached hydrogens (tertiary/aromatic N) is 1. The SMILES string of the molecule is N#Cc1cccc(NC(=O)COC(=O)/C=C/c2ccc(Br)o2)c1. The van der Waals surface area contributed by atoms with Crippen LogP contribution in [-0.2, 0) is 14.3 Å². The predicted molar refractivity (Wildman–Crippen MR) is 86.2 cm³/mol. The maximum atomic E-state index is 11.7. The summed E-state index contributed by atoms with van der Waals surface area (Å²) in [6, 6.07) is 11.7. The highest BCUT2D eigenvalue weighted by molar-refractivity contribution is 9.10. The van der Waals surface area contributed by atoms with Gasteiger partial charge >= 0.3 is 5.97 Å². The van der Waals surface area contributed by atoms with Gasteiger partial charge in [-0.05, 0) is 52.3 Å². The Balaban J connectivity index is 1.80. The number of anilines is 1. The third-order valence-electron chi connectivity index (χ3n) is 2.60. The van der Waals surface area contributed by atoms with E-state index in [1.165, 1.54) is 12.1 Å². The fourth-order valence-electron chi connectivity index (χ4n) is 1.62. The zero-order valence-electron chi connectivity index (χ0n) is 11.8. The van der Waals surface area contributed by atoms with E-state index >= 15 is 0 Å². The Bertz CT molecular complexity index is 789. The van der Waals surface area contributed by atoms with Gasteiger partial charge in [0.15, 0.2) is 11.3 Å². The molecule has 0 aliphatic carbocycles. The summed E-state index contributed by atoms with van der Waals surface area (Å²) in [4.78, 5) is 23.2. The molecule has 0 spiro atoms. The largest absolute Gasteiger partial charge is 0.452 e. The van der Waals surface area contributed by atoms with E-state index in [1.54, 1.807) is 30.3 Å². The number of amides is 1. The summed E-state index contributed by atoms with van der Waals surface area (Å²) in [5.74, 6) is -0.687. The number of nitrogens with one attached hydrogen (secondary N) is 1. The van der Waals surface area contributed by atoms with Crippen LogP contribution in [0.15, 0.2) is 51.6 Å². The third-order valence-corrected chi connectivity index (χ3v) is 3.02. The molecule has 1 amide bonds. The van der Waals surface area contributed by atoms with Crippen molar-refractivity contribution in [1.29, 1.82) is 5.26 Å². The van der Waals surface area contributed by atoms with Crippen LogP contribution >= 0.6 is 15.9 Å². The number of rotatable bonds is 5. The minimum absolute atomic E-state index is 0.423. The van der Waals surface area contributed by atoms with Gasteiger partial charge in [0.25, 0.3) is 5.91 Å². The average Bonchev–Trinajstić information content (AvgIpc) is 2.96. The van der Waals surface area contributed by atoms with Crippen LogP contribution in [0.25, 0.3) is 6.08 Å². The lowest BCUT2D eigenvalue weighted by atomic mass is 10.2. The summed E-state index contributed by atoms with van der Waals surface area (Å²) in [5, 5.41) is 11.3. The molecule has 0 saturated heterocycles. The molecule has 0 unspecified atom stereocenters. The Labute approximate surface area is 140 Å². The fourth-order valence-corrected chi connectivity index (χ4v) is 1.94. The minimum atomic E-state index is -0.668. The summed E-state index contributed by atoms with van der Waals surface area (Å²) < 4.78 is 10.5. The molecule has 1 heterocycles. The van der Waals surface area contributed by atoms with Gasteiger partial charge < -0.3 is 14.5 Å². The second-order valence-electron chi connectivity index (χ2n) is 4.32. The maximum Gasteiger partial charge on any atom is 0.331 e. The molecule has 0 aliphatic rings. The van der Waals surface area contributed by atoms with Crippen LogP contribution in [0.4, 0.5) is 5.69 Å². The van der Waals surface area contributed by atoms with Crippen molar-refractivity contribution in [3.8, 4) is 6.07 Å². The highest BCUT2D eigenvalue weighted by atomic mass is 79.9. The number of hydrogen-bond acceptors (Lipinski definition) is 5. The first kappa shape index (κ1) is 16.5. The zero-order chi connectivity index (χ0) is 16.7. The molecule has 0 saturated carbocycles. The molecular weight excluding hydrogens is 364 g/mol. The predicted octanol–water partition coefficient (Wildman–Crippen LogP) is 3.11. The molecule has 6 nitrogen and oxygen atoms in total. The van der Waals surface area contributed by atoms with Gasteiger partial charge in [0.1, 0.15) is 5.76 Å². The summed E-state index contributed by atoms with van der Waals surface area (Å²) in [6.45, 7) is -0.429. The van der Waals surface area contributed by atoms with Crippen LogP contribution in [0.3, 0.4) is 0 Å². The van der Waals surface area contributed by atoms with E-state index in [1.807, 2.05) is 6.07 Å². The third kappa shape index (κ3) is 5.45. The monoisotopic (exact) mass is 374 g/mol. The second kappa shape index (κ2) is 7.96. The molecule has 1 aromatic heterocycles. The van der Waals surface area contributed by atoms with Crippen LogP contribution in [0, 0.1) is 11.3 Å². The molecule has 1 aromatic carbocycles. The number of ether oxygens (including phenoxy) is 1. The van der Waals surface area contributed by atoms with Gasteiger partial charge in [-0.25, -0.2) is 4.79 Å². The lowest BCUT2D eigenvalue weighted by Crippen LogP contribution is -2.20. The van der Waals surface area contributed by atoms with Gasteiger partial charge in [-0.15, -0.1) is 0 Å². The molecule has 1 N–H and O–H groups in total. The molecule has 0 aliphatic heterocycles. The second-order valence-corrected chi connectivity index (χ2v) is 5.11. The number of carbonyl (C=O) groups excluding carboxylic acids is 2. The van der Waals surface area contributed by atoms with Crippen LogP contribution in [0.5, 0.6) is 0 Å². The van der Waals surface area contributed by atoms with E-state index in [-0.39, 0.29) is 0 Å². The van der Waals surface area contributed by atoms with Crippen molar-refractivity contribution >= 4 is 39.6 Å². The number of esters is 1. The van der Waals surface area contributed by atoms with E-state index in [2.05, 4.69) is 21.2 Å². The van der Waals surface area contributed by atoms with Gasteiger partial charge in [-0.1, -0.05) is 6.07 Å². The fraction of sp³-hybridized carbons (Fsp3) is 0.0625. The summed E-state index contributed by atoms with van der Waals surface area (Å²) in [5.41, 5.74) is 0.883. The number of hydrogen-bond donors (Lipinski definition) is 1. The van der Waals surface area contributed by atoms with E-state index in [0.29, 0.717) is 21.7 Å². The smallest absolute Gasteiger partial charge is 0.331 e. The van der Waals surface area contributed by atoms with Gasteiger partial charge in [0.2, 0.25) is 0 Å². The van der Waals surface area contributed by atoms with Crippen molar-refractivity contribution < 1.29 is 18.7 Å². The van der Waals surface area contributed by atoms with Crippen molar-refractivity contribution in [3.05, 3.63) is 58.5 Å². The molecule has 0 radical (unpaired) electrons. The van der Waals surface area contributed by atoms with Crippen molar-refractivity contribution in [2.75, 3.05) is 11.9 Å². The van der Waals surface area contributed by atoms with Crippen LogP contribution in [0.1, 0.15) is 11.3 Å². The Kier molecular flexibility index (Phi) is 5.72. The molecule has 116 valence electrons. The quantitative estimate of drug-likeness (QED) is 0.640. The lowest BCUT2D eigenvalue weighted by molar-refractivity contribution is -0.142. The normalized spacial score (nSPS) is 10.3. The molecule has 2 rings (SSSR count). The van der Waals surface area contributed by atoms with Gasteiger partial charge in [-0.2, -0.15) is 5.26 Å². The molecule has 0 atom stereocenters. The van der Waals surface area contributed by atoms with E-state index in [4.69, 9.17) is 14.4 Å². The number of benzene rings is 1. The minimum Gasteiger partial charge on any atom is -0.452 e. The lowest BCUT2D eigenvalue weighted by Gasteiger charge is -2.05. The molecule has 2 aromatic rings. The van der Waals surface area contributed by atoms with Crippen LogP contribution in [0.2, 0.25) is 0 Å². The summed E-state index contributed by atoms with van der Waals surface area (Å²) in [7, 11) is 0. The first-order chi connectivity index (χ1) is 11.1. The summed E-state index contributed by atoms with van der Waals surface area (Å²) >= 11 is 3.14. The highest BCUT2D eigenvalue weighted by Gasteiger charge is 2.06. The first-order valence-corrected chi connectivity index (χ1v) is 7.26. The number of halogens is 1. The first-order valence-electron chi connectivity index (χ1n) is 6.47. The van der Waals surface area contributed by atoms with Crippen molar-refractivity contribution in [1.82, 2.24) is 0 Å². The van der Waals surface area contributed by atoms with Gasteiger partial charge in [-0.3, -0.25) is 4.79 Å².